The molecule has 0 radical (unpaired) electrons. The van der Waals surface area contributed by atoms with E-state index in [2.05, 4.69) is 20.5 Å². The lowest BCUT2D eigenvalue weighted by molar-refractivity contribution is -0.139. The highest BCUT2D eigenvalue weighted by atomic mass is 16.5. The highest BCUT2D eigenvalue weighted by Crippen LogP contribution is 2.26. The van der Waals surface area contributed by atoms with Crippen LogP contribution in [0.25, 0.3) is 0 Å². The van der Waals surface area contributed by atoms with Crippen LogP contribution < -0.4 is 9.47 Å². The number of aromatic nitrogens is 6. The first-order chi connectivity index (χ1) is 13.2. The summed E-state index contributed by atoms with van der Waals surface area (Å²) in [5, 5.41) is 16.4. The molecule has 1 fully saturated rings. The fourth-order valence-electron chi connectivity index (χ4n) is 2.83. The summed E-state index contributed by atoms with van der Waals surface area (Å²) >= 11 is 0. The zero-order chi connectivity index (χ0) is 18.6. The first-order valence-electron chi connectivity index (χ1n) is 8.51. The summed E-state index contributed by atoms with van der Waals surface area (Å²) in [6.45, 7) is 1.60. The maximum Gasteiger partial charge on any atom is 0.260 e. The Morgan fingerprint density at radius 3 is 2.67 bits per heavy atom. The Balaban J connectivity index is 1.26. The van der Waals surface area contributed by atoms with Crippen LogP contribution >= 0.6 is 0 Å². The minimum atomic E-state index is -0.0711. The lowest BCUT2D eigenvalue weighted by Gasteiger charge is -2.38. The first kappa shape index (κ1) is 17.0. The van der Waals surface area contributed by atoms with Crippen LogP contribution in [0.3, 0.4) is 0 Å². The Morgan fingerprint density at radius 1 is 1.19 bits per heavy atom. The van der Waals surface area contributed by atoms with Gasteiger partial charge in [0.05, 0.1) is 31.7 Å². The second kappa shape index (κ2) is 7.44. The van der Waals surface area contributed by atoms with Gasteiger partial charge in [0.2, 0.25) is 0 Å². The Morgan fingerprint density at radius 2 is 1.93 bits per heavy atom. The molecule has 0 N–H and O–H groups in total. The van der Waals surface area contributed by atoms with Gasteiger partial charge < -0.3 is 14.4 Å². The van der Waals surface area contributed by atoms with Crippen LogP contribution in [0.2, 0.25) is 0 Å². The quantitative estimate of drug-likeness (QED) is 0.594. The summed E-state index contributed by atoms with van der Waals surface area (Å²) in [6, 6.07) is 7.37. The normalized spacial score (nSPS) is 14.0. The van der Waals surface area contributed by atoms with E-state index in [4.69, 9.17) is 9.47 Å². The molecular formula is C17H19N7O3. The monoisotopic (exact) mass is 369 g/mol. The Kier molecular flexibility index (Phi) is 4.69. The lowest BCUT2D eigenvalue weighted by atomic mass is 10.1. The number of ether oxygens (including phenoxy) is 2. The van der Waals surface area contributed by atoms with E-state index in [1.165, 1.54) is 0 Å². The number of carbonyl (C=O) groups excluding carboxylic acids is 1. The van der Waals surface area contributed by atoms with E-state index in [0.29, 0.717) is 31.1 Å². The van der Waals surface area contributed by atoms with Crippen molar-refractivity contribution < 1.29 is 14.3 Å². The van der Waals surface area contributed by atoms with Crippen molar-refractivity contribution in [1.82, 2.24) is 34.9 Å². The number of hydrogen-bond donors (Lipinski definition) is 0. The number of carbonyl (C=O) groups is 1. The molecule has 0 atom stereocenters. The molecule has 2 aromatic heterocycles. The van der Waals surface area contributed by atoms with Gasteiger partial charge in [-0.2, -0.15) is 15.0 Å². The third-order valence-corrected chi connectivity index (χ3v) is 4.34. The average Bonchev–Trinajstić information content (AvgIpc) is 3.32. The van der Waals surface area contributed by atoms with Crippen molar-refractivity contribution in [3.05, 3.63) is 48.5 Å². The molecule has 10 heteroatoms. The molecule has 1 aliphatic heterocycles. The molecule has 27 heavy (non-hydrogen) atoms. The third kappa shape index (κ3) is 3.73. The summed E-state index contributed by atoms with van der Waals surface area (Å²) in [5.41, 5.74) is 0.774. The van der Waals surface area contributed by atoms with Crippen molar-refractivity contribution in [2.45, 2.75) is 12.6 Å². The minimum absolute atomic E-state index is 0.0271. The molecule has 3 aromatic rings. The van der Waals surface area contributed by atoms with Crippen LogP contribution in [0.1, 0.15) is 11.7 Å². The lowest BCUT2D eigenvalue weighted by Crippen LogP contribution is -2.52. The molecule has 0 bridgehead atoms. The molecule has 10 nitrogen and oxygen atoms in total. The molecule has 0 aliphatic carbocycles. The van der Waals surface area contributed by atoms with Crippen molar-refractivity contribution in [1.29, 1.82) is 0 Å². The van der Waals surface area contributed by atoms with Crippen LogP contribution in [0.15, 0.2) is 42.9 Å². The van der Waals surface area contributed by atoms with Crippen LogP contribution in [0.4, 0.5) is 0 Å². The molecule has 0 saturated carbocycles. The number of amides is 1. The summed E-state index contributed by atoms with van der Waals surface area (Å²) in [4.78, 5) is 15.6. The molecule has 1 aromatic carbocycles. The predicted molar refractivity (Wildman–Crippen MR) is 93.3 cm³/mol. The van der Waals surface area contributed by atoms with E-state index < -0.39 is 0 Å². The molecule has 4 rings (SSSR count). The largest absolute Gasteiger partial charge is 0.493 e. The molecule has 140 valence electrons. The van der Waals surface area contributed by atoms with Crippen LogP contribution in [0.5, 0.6) is 11.5 Å². The Bertz CT molecular complexity index is 903. The van der Waals surface area contributed by atoms with Gasteiger partial charge in [0, 0.05) is 13.1 Å². The topological polar surface area (TPSA) is 100 Å². The van der Waals surface area contributed by atoms with E-state index in [9.17, 15) is 4.79 Å². The molecule has 0 unspecified atom stereocenters. The van der Waals surface area contributed by atoms with Crippen molar-refractivity contribution in [2.75, 3.05) is 26.8 Å². The van der Waals surface area contributed by atoms with Gasteiger partial charge in [0.25, 0.3) is 5.91 Å². The van der Waals surface area contributed by atoms with E-state index in [1.807, 2.05) is 18.3 Å². The van der Waals surface area contributed by atoms with Crippen LogP contribution in [0, 0.1) is 0 Å². The van der Waals surface area contributed by atoms with Gasteiger partial charge in [-0.15, -0.1) is 5.10 Å². The molecule has 0 spiro atoms. The van der Waals surface area contributed by atoms with Gasteiger partial charge in [-0.05, 0) is 12.1 Å². The van der Waals surface area contributed by atoms with E-state index >= 15 is 0 Å². The Labute approximate surface area is 155 Å². The van der Waals surface area contributed by atoms with Gasteiger partial charge in [0.1, 0.15) is 12.2 Å². The van der Waals surface area contributed by atoms with E-state index in [1.54, 1.807) is 46.0 Å². The highest BCUT2D eigenvalue weighted by molar-refractivity contribution is 5.78. The fraction of sp³-hybridized carbons (Fsp3) is 0.353. The van der Waals surface area contributed by atoms with Crippen LogP contribution in [-0.2, 0) is 11.3 Å². The number of hydrogen-bond acceptors (Lipinski definition) is 7. The van der Waals surface area contributed by atoms with E-state index in [-0.39, 0.29) is 18.6 Å². The van der Waals surface area contributed by atoms with Crippen molar-refractivity contribution in [3.63, 3.8) is 0 Å². The number of para-hydroxylation sites is 2. The second-order valence-electron chi connectivity index (χ2n) is 6.14. The Hall–Kier alpha value is -3.43. The third-order valence-electron chi connectivity index (χ3n) is 4.34. The SMILES string of the molecule is COc1ccccc1OCC(=O)N1CC(n2cc(Cn3nccn3)nn2)C1. The molecule has 1 amide bonds. The zero-order valence-electron chi connectivity index (χ0n) is 14.8. The summed E-state index contributed by atoms with van der Waals surface area (Å²) in [6.07, 6.45) is 5.10. The van der Waals surface area contributed by atoms with Crippen molar-refractivity contribution in [2.24, 2.45) is 0 Å². The number of likely N-dealkylation sites (tertiary alicyclic amines) is 1. The number of rotatable bonds is 7. The number of methoxy groups -OCH3 is 1. The predicted octanol–water partition coefficient (Wildman–Crippen LogP) is 0.389. The van der Waals surface area contributed by atoms with Gasteiger partial charge in [-0.1, -0.05) is 17.3 Å². The fourth-order valence-corrected chi connectivity index (χ4v) is 2.83. The minimum Gasteiger partial charge on any atom is -0.493 e. The summed E-state index contributed by atoms with van der Waals surface area (Å²) in [5.74, 6) is 1.09. The van der Waals surface area contributed by atoms with Crippen LogP contribution in [-0.4, -0.2) is 67.6 Å². The molecular weight excluding hydrogens is 350 g/mol. The maximum absolute atomic E-state index is 12.3. The van der Waals surface area contributed by atoms with Gasteiger partial charge >= 0.3 is 0 Å². The van der Waals surface area contributed by atoms with Gasteiger partial charge in [-0.3, -0.25) is 4.79 Å². The second-order valence-corrected chi connectivity index (χ2v) is 6.14. The number of nitrogens with zero attached hydrogens (tertiary/aromatic N) is 7. The maximum atomic E-state index is 12.3. The van der Waals surface area contributed by atoms with Gasteiger partial charge in [-0.25, -0.2) is 4.68 Å². The highest BCUT2D eigenvalue weighted by Gasteiger charge is 2.33. The molecule has 3 heterocycles. The first-order valence-corrected chi connectivity index (χ1v) is 8.51. The van der Waals surface area contributed by atoms with Crippen molar-refractivity contribution in [3.8, 4) is 11.5 Å². The molecule has 1 aliphatic rings. The average molecular weight is 369 g/mol. The number of benzene rings is 1. The molecule has 1 saturated heterocycles. The van der Waals surface area contributed by atoms with Crippen molar-refractivity contribution >= 4 is 5.91 Å². The van der Waals surface area contributed by atoms with Gasteiger partial charge in [0.15, 0.2) is 18.1 Å². The zero-order valence-corrected chi connectivity index (χ0v) is 14.8. The smallest absolute Gasteiger partial charge is 0.260 e. The summed E-state index contributed by atoms with van der Waals surface area (Å²) in [7, 11) is 1.57. The standard InChI is InChI=1S/C17H19N7O3/c1-26-15-4-2-3-5-16(15)27-12-17(25)22-10-14(11-22)23-8-13(20-21-23)9-24-18-6-7-19-24/h2-8,14H,9-12H2,1H3. The summed E-state index contributed by atoms with van der Waals surface area (Å²) < 4.78 is 12.6. The van der Waals surface area contributed by atoms with E-state index in [0.717, 1.165) is 5.69 Å².